The maximum Gasteiger partial charge on any atom is 0.259 e. The van der Waals surface area contributed by atoms with Gasteiger partial charge in [0.1, 0.15) is 17.6 Å². The Kier molecular flexibility index (Phi) is 5.17. The second-order valence-electron chi connectivity index (χ2n) is 6.76. The summed E-state index contributed by atoms with van der Waals surface area (Å²) in [4.78, 5) is 29.4. The van der Waals surface area contributed by atoms with Crippen LogP contribution in [0.25, 0.3) is 0 Å². The molecule has 2 aromatic carbocycles. The molecule has 0 N–H and O–H groups in total. The lowest BCUT2D eigenvalue weighted by atomic mass is 10.0. The molecule has 2 amide bonds. The van der Waals surface area contributed by atoms with E-state index in [1.54, 1.807) is 42.3 Å². The first kappa shape index (κ1) is 18.9. The van der Waals surface area contributed by atoms with E-state index in [9.17, 15) is 14.0 Å². The van der Waals surface area contributed by atoms with E-state index in [0.717, 1.165) is 0 Å². The first-order chi connectivity index (χ1) is 12.9. The van der Waals surface area contributed by atoms with Crippen LogP contribution in [0.4, 0.5) is 15.8 Å². The minimum absolute atomic E-state index is 0.103. The first-order valence-corrected chi connectivity index (χ1v) is 8.99. The zero-order valence-electron chi connectivity index (χ0n) is 15.9. The molecule has 1 atom stereocenters. The molecule has 5 nitrogen and oxygen atoms in total. The van der Waals surface area contributed by atoms with E-state index in [-0.39, 0.29) is 17.9 Å². The van der Waals surface area contributed by atoms with Gasteiger partial charge in [0.05, 0.1) is 18.5 Å². The average Bonchev–Trinajstić information content (AvgIpc) is 2.66. The molecule has 27 heavy (non-hydrogen) atoms. The van der Waals surface area contributed by atoms with Gasteiger partial charge in [-0.15, -0.1) is 0 Å². The third-order valence-corrected chi connectivity index (χ3v) is 4.75. The smallest absolute Gasteiger partial charge is 0.259 e. The van der Waals surface area contributed by atoms with Gasteiger partial charge in [0.2, 0.25) is 5.91 Å². The molecule has 0 fully saturated rings. The average molecular weight is 370 g/mol. The van der Waals surface area contributed by atoms with Gasteiger partial charge in [-0.05, 0) is 62.7 Å². The molecule has 0 spiro atoms. The van der Waals surface area contributed by atoms with Crippen LogP contribution in [0.1, 0.15) is 37.6 Å². The molecule has 0 radical (unpaired) electrons. The Morgan fingerprint density at radius 3 is 2.37 bits per heavy atom. The number of fused-ring (bicyclic) bond motifs is 1. The molecule has 0 unspecified atom stereocenters. The number of carbonyl (C=O) groups is 2. The molecule has 0 aromatic heterocycles. The van der Waals surface area contributed by atoms with Crippen molar-refractivity contribution in [1.82, 2.24) is 0 Å². The number of amides is 2. The Labute approximate surface area is 158 Å². The molecule has 0 saturated carbocycles. The highest BCUT2D eigenvalue weighted by Gasteiger charge is 2.41. The predicted octanol–water partition coefficient (Wildman–Crippen LogP) is 4.01. The molecule has 0 saturated heterocycles. The minimum Gasteiger partial charge on any atom is -0.497 e. The van der Waals surface area contributed by atoms with Gasteiger partial charge < -0.3 is 9.64 Å². The van der Waals surface area contributed by atoms with Crippen molar-refractivity contribution in [2.24, 2.45) is 0 Å². The molecule has 1 aliphatic heterocycles. The van der Waals surface area contributed by atoms with Crippen molar-refractivity contribution in [3.63, 3.8) is 0 Å². The molecular formula is C21H23FN2O3. The second-order valence-corrected chi connectivity index (χ2v) is 6.76. The van der Waals surface area contributed by atoms with Gasteiger partial charge in [0, 0.05) is 11.6 Å². The van der Waals surface area contributed by atoms with Crippen molar-refractivity contribution in [3.05, 3.63) is 53.8 Å². The van der Waals surface area contributed by atoms with E-state index in [1.165, 1.54) is 17.0 Å². The van der Waals surface area contributed by atoms with Crippen LogP contribution < -0.4 is 14.5 Å². The number of anilines is 2. The summed E-state index contributed by atoms with van der Waals surface area (Å²) in [5.41, 5.74) is 1.37. The molecule has 6 heteroatoms. The molecule has 0 aliphatic carbocycles. The van der Waals surface area contributed by atoms with Gasteiger partial charge in [0.25, 0.3) is 5.91 Å². The highest BCUT2D eigenvalue weighted by Crippen LogP contribution is 2.39. The fraction of sp³-hybridized carbons (Fsp3) is 0.333. The number of carbonyl (C=O) groups excluding carboxylic acids is 2. The lowest BCUT2D eigenvalue weighted by Crippen LogP contribution is -2.57. The van der Waals surface area contributed by atoms with Gasteiger partial charge in [-0.1, -0.05) is 6.92 Å². The van der Waals surface area contributed by atoms with E-state index in [1.807, 2.05) is 20.8 Å². The van der Waals surface area contributed by atoms with Gasteiger partial charge in [-0.3, -0.25) is 14.5 Å². The van der Waals surface area contributed by atoms with Crippen LogP contribution in [0, 0.1) is 5.82 Å². The summed E-state index contributed by atoms with van der Waals surface area (Å²) < 4.78 is 19.2. The normalized spacial score (nSPS) is 16.5. The highest BCUT2D eigenvalue weighted by atomic mass is 19.1. The molecule has 3 rings (SSSR count). The number of hydrogen-bond donors (Lipinski definition) is 0. The zero-order valence-corrected chi connectivity index (χ0v) is 15.9. The second kappa shape index (κ2) is 7.39. The fourth-order valence-electron chi connectivity index (χ4n) is 3.46. The monoisotopic (exact) mass is 370 g/mol. The summed E-state index contributed by atoms with van der Waals surface area (Å²) in [6, 6.07) is 10.1. The Morgan fingerprint density at radius 2 is 1.81 bits per heavy atom. The summed E-state index contributed by atoms with van der Waals surface area (Å²) in [5.74, 6) is -0.318. The van der Waals surface area contributed by atoms with Crippen molar-refractivity contribution in [1.29, 1.82) is 0 Å². The summed E-state index contributed by atoms with van der Waals surface area (Å²) in [7, 11) is 1.55. The van der Waals surface area contributed by atoms with Crippen LogP contribution in [0.3, 0.4) is 0 Å². The Morgan fingerprint density at radius 1 is 1.15 bits per heavy atom. The van der Waals surface area contributed by atoms with Crippen LogP contribution in [0.15, 0.2) is 42.5 Å². The standard InChI is InChI=1S/C21H23FN2O3/c1-5-17-21(26)23(13(2)3)18-11-8-15(22)12-19(18)24(17)20(25)14-6-9-16(27-4)10-7-14/h6-13,17H,5H2,1-4H3/t17-/m1/s1. The summed E-state index contributed by atoms with van der Waals surface area (Å²) in [5, 5.41) is 0. The van der Waals surface area contributed by atoms with E-state index in [4.69, 9.17) is 4.74 Å². The molecule has 0 bridgehead atoms. The predicted molar refractivity (Wildman–Crippen MR) is 103 cm³/mol. The third-order valence-electron chi connectivity index (χ3n) is 4.75. The van der Waals surface area contributed by atoms with Crippen LogP contribution in [0.5, 0.6) is 5.75 Å². The number of ether oxygens (including phenoxy) is 1. The largest absolute Gasteiger partial charge is 0.497 e. The topological polar surface area (TPSA) is 49.9 Å². The minimum atomic E-state index is -0.684. The van der Waals surface area contributed by atoms with Crippen LogP contribution >= 0.6 is 0 Å². The maximum absolute atomic E-state index is 14.0. The molecule has 1 aliphatic rings. The molecular weight excluding hydrogens is 347 g/mol. The number of nitrogens with zero attached hydrogens (tertiary/aromatic N) is 2. The van der Waals surface area contributed by atoms with E-state index in [2.05, 4.69) is 0 Å². The number of rotatable bonds is 4. The van der Waals surface area contributed by atoms with E-state index < -0.39 is 11.9 Å². The quantitative estimate of drug-likeness (QED) is 0.817. The Bertz CT molecular complexity index is 864. The highest BCUT2D eigenvalue weighted by molar-refractivity contribution is 6.17. The SMILES string of the molecule is CC[C@@H]1C(=O)N(C(C)C)c2ccc(F)cc2N1C(=O)c1ccc(OC)cc1. The lowest BCUT2D eigenvalue weighted by Gasteiger charge is -2.43. The molecule has 2 aromatic rings. The zero-order chi connectivity index (χ0) is 19.7. The lowest BCUT2D eigenvalue weighted by molar-refractivity contribution is -0.120. The van der Waals surface area contributed by atoms with Crippen LogP contribution in [0.2, 0.25) is 0 Å². The number of benzene rings is 2. The first-order valence-electron chi connectivity index (χ1n) is 8.99. The van der Waals surface area contributed by atoms with Crippen molar-refractivity contribution < 1.29 is 18.7 Å². The molecule has 142 valence electrons. The van der Waals surface area contributed by atoms with Gasteiger partial charge >= 0.3 is 0 Å². The van der Waals surface area contributed by atoms with E-state index in [0.29, 0.717) is 29.1 Å². The third kappa shape index (κ3) is 3.27. The molecule has 1 heterocycles. The van der Waals surface area contributed by atoms with E-state index >= 15 is 0 Å². The fourth-order valence-corrected chi connectivity index (χ4v) is 3.46. The van der Waals surface area contributed by atoms with Gasteiger partial charge in [0.15, 0.2) is 0 Å². The van der Waals surface area contributed by atoms with Crippen molar-refractivity contribution in [3.8, 4) is 5.75 Å². The van der Waals surface area contributed by atoms with Crippen molar-refractivity contribution in [2.75, 3.05) is 16.9 Å². The number of halogens is 1. The van der Waals surface area contributed by atoms with Gasteiger partial charge in [-0.25, -0.2) is 4.39 Å². The Balaban J connectivity index is 2.14. The van der Waals surface area contributed by atoms with Crippen LogP contribution in [-0.2, 0) is 4.79 Å². The number of hydrogen-bond acceptors (Lipinski definition) is 3. The van der Waals surface area contributed by atoms with Crippen molar-refractivity contribution >= 4 is 23.2 Å². The number of methoxy groups -OCH3 is 1. The summed E-state index contributed by atoms with van der Waals surface area (Å²) in [6.45, 7) is 5.65. The van der Waals surface area contributed by atoms with Crippen LogP contribution in [-0.4, -0.2) is 31.0 Å². The Hall–Kier alpha value is -2.89. The van der Waals surface area contributed by atoms with Crippen molar-refractivity contribution in [2.45, 2.75) is 39.3 Å². The maximum atomic E-state index is 14.0. The van der Waals surface area contributed by atoms with Gasteiger partial charge in [-0.2, -0.15) is 0 Å². The summed E-state index contributed by atoms with van der Waals surface area (Å²) in [6.07, 6.45) is 0.430. The summed E-state index contributed by atoms with van der Waals surface area (Å²) >= 11 is 0.